The molecule has 0 saturated carbocycles. The molecule has 0 atom stereocenters. The van der Waals surface area contributed by atoms with Crippen molar-refractivity contribution in [1.82, 2.24) is 4.90 Å². The zero-order valence-corrected chi connectivity index (χ0v) is 14.6. The maximum Gasteiger partial charge on any atom is 0.348 e. The van der Waals surface area contributed by atoms with E-state index in [4.69, 9.17) is 15.3 Å². The zero-order chi connectivity index (χ0) is 17.5. The van der Waals surface area contributed by atoms with Gasteiger partial charge in [0.25, 0.3) is 0 Å². The smallest absolute Gasteiger partial charge is 0.348 e. The van der Waals surface area contributed by atoms with Crippen LogP contribution < -0.4 is 0 Å². The van der Waals surface area contributed by atoms with Gasteiger partial charge in [0.05, 0.1) is 6.07 Å². The van der Waals surface area contributed by atoms with Crippen molar-refractivity contribution in [2.45, 2.75) is 39.2 Å². The summed E-state index contributed by atoms with van der Waals surface area (Å²) in [5, 5.41) is 17.6. The molecular weight excluding hydrogens is 310 g/mol. The van der Waals surface area contributed by atoms with Crippen LogP contribution in [-0.2, 0) is 11.2 Å². The van der Waals surface area contributed by atoms with Crippen molar-refractivity contribution in [3.05, 3.63) is 34.2 Å². The molecular formula is C17H21N3O2S. The summed E-state index contributed by atoms with van der Waals surface area (Å²) in [5.74, 6) is -0.308. The fourth-order valence-corrected chi connectivity index (χ4v) is 2.79. The molecule has 0 saturated heterocycles. The SMILES string of the molecule is C=C(C#N)N(CC#N)CCCc1ccc(C(=O)OC(C)(C)C)s1. The number of allylic oxidation sites excluding steroid dienone is 1. The second kappa shape index (κ2) is 8.36. The number of esters is 1. The standard InChI is InChI=1S/C17H21N3O2S/c1-13(12-19)20(11-9-18)10-5-6-14-7-8-15(23-14)16(21)22-17(2,3)4/h7-8H,1,5-6,10-11H2,2-4H3. The molecule has 0 spiro atoms. The molecule has 0 amide bonds. The van der Waals surface area contributed by atoms with Crippen LogP contribution >= 0.6 is 11.3 Å². The molecule has 5 nitrogen and oxygen atoms in total. The van der Waals surface area contributed by atoms with Gasteiger partial charge in [-0.15, -0.1) is 11.3 Å². The van der Waals surface area contributed by atoms with Gasteiger partial charge in [0, 0.05) is 11.4 Å². The number of hydrogen-bond donors (Lipinski definition) is 0. The van der Waals surface area contributed by atoms with Crippen molar-refractivity contribution in [2.24, 2.45) is 0 Å². The molecule has 0 unspecified atom stereocenters. The van der Waals surface area contributed by atoms with E-state index < -0.39 is 5.60 Å². The lowest BCUT2D eigenvalue weighted by atomic mass is 10.2. The molecule has 1 rings (SSSR count). The molecule has 0 N–H and O–H groups in total. The van der Waals surface area contributed by atoms with E-state index in [9.17, 15) is 4.79 Å². The first-order valence-corrected chi connectivity index (χ1v) is 8.11. The normalized spacial score (nSPS) is 10.5. The van der Waals surface area contributed by atoms with Gasteiger partial charge in [-0.2, -0.15) is 10.5 Å². The van der Waals surface area contributed by atoms with Crippen LogP contribution in [0.2, 0.25) is 0 Å². The number of rotatable bonds is 7. The van der Waals surface area contributed by atoms with Crippen LogP contribution in [-0.4, -0.2) is 29.6 Å². The highest BCUT2D eigenvalue weighted by Gasteiger charge is 2.19. The number of carbonyl (C=O) groups excluding carboxylic acids is 1. The molecule has 0 aliphatic rings. The number of nitriles is 2. The molecule has 0 aliphatic heterocycles. The van der Waals surface area contributed by atoms with E-state index in [-0.39, 0.29) is 12.5 Å². The Morgan fingerprint density at radius 2 is 2.09 bits per heavy atom. The van der Waals surface area contributed by atoms with Gasteiger partial charge in [-0.25, -0.2) is 4.79 Å². The Labute approximate surface area is 141 Å². The van der Waals surface area contributed by atoms with E-state index in [0.717, 1.165) is 17.7 Å². The van der Waals surface area contributed by atoms with Crippen molar-refractivity contribution in [1.29, 1.82) is 10.5 Å². The van der Waals surface area contributed by atoms with Crippen LogP contribution in [0.1, 0.15) is 41.7 Å². The van der Waals surface area contributed by atoms with Crippen molar-refractivity contribution < 1.29 is 9.53 Å². The van der Waals surface area contributed by atoms with E-state index in [1.807, 2.05) is 39.0 Å². The molecule has 1 heterocycles. The second-order valence-corrected chi connectivity index (χ2v) is 7.18. The van der Waals surface area contributed by atoms with Gasteiger partial charge in [0.2, 0.25) is 0 Å². The third-order valence-corrected chi connectivity index (χ3v) is 4.01. The predicted octanol–water partition coefficient (Wildman–Crippen LogP) is 3.50. The zero-order valence-electron chi connectivity index (χ0n) is 13.8. The highest BCUT2D eigenvalue weighted by molar-refractivity contribution is 7.13. The Morgan fingerprint density at radius 1 is 1.39 bits per heavy atom. The molecule has 0 aliphatic carbocycles. The Bertz CT molecular complexity index is 644. The highest BCUT2D eigenvalue weighted by atomic mass is 32.1. The topological polar surface area (TPSA) is 77.1 Å². The fourth-order valence-electron chi connectivity index (χ4n) is 1.86. The monoisotopic (exact) mass is 331 g/mol. The molecule has 0 aromatic carbocycles. The Morgan fingerprint density at radius 3 is 2.65 bits per heavy atom. The summed E-state index contributed by atoms with van der Waals surface area (Å²) in [6.07, 6.45) is 1.55. The molecule has 0 bridgehead atoms. The lowest BCUT2D eigenvalue weighted by Crippen LogP contribution is -2.23. The number of ether oxygens (including phenoxy) is 1. The summed E-state index contributed by atoms with van der Waals surface area (Å²) < 4.78 is 5.34. The largest absolute Gasteiger partial charge is 0.456 e. The molecule has 1 aromatic rings. The van der Waals surface area contributed by atoms with E-state index in [2.05, 4.69) is 6.58 Å². The molecule has 0 radical (unpaired) electrons. The summed E-state index contributed by atoms with van der Waals surface area (Å²) in [5.41, 5.74) is -0.205. The van der Waals surface area contributed by atoms with E-state index >= 15 is 0 Å². The molecule has 122 valence electrons. The van der Waals surface area contributed by atoms with Gasteiger partial charge in [-0.3, -0.25) is 0 Å². The first kappa shape index (κ1) is 18.7. The van der Waals surface area contributed by atoms with Crippen molar-refractivity contribution in [2.75, 3.05) is 13.1 Å². The summed E-state index contributed by atoms with van der Waals surface area (Å²) in [7, 11) is 0. The molecule has 0 fully saturated rings. The third-order valence-electron chi connectivity index (χ3n) is 2.89. The summed E-state index contributed by atoms with van der Waals surface area (Å²) in [6, 6.07) is 7.68. The van der Waals surface area contributed by atoms with Crippen LogP contribution in [0.4, 0.5) is 0 Å². The molecule has 6 heteroatoms. The van der Waals surface area contributed by atoms with Gasteiger partial charge >= 0.3 is 5.97 Å². The Kier molecular flexibility index (Phi) is 6.81. The first-order valence-electron chi connectivity index (χ1n) is 7.30. The summed E-state index contributed by atoms with van der Waals surface area (Å²) in [4.78, 5) is 15.3. The lowest BCUT2D eigenvalue weighted by molar-refractivity contribution is 0.00752. The van der Waals surface area contributed by atoms with Gasteiger partial charge < -0.3 is 9.64 Å². The van der Waals surface area contributed by atoms with Crippen LogP contribution in [0.5, 0.6) is 0 Å². The average molecular weight is 331 g/mol. The first-order chi connectivity index (χ1) is 10.8. The maximum absolute atomic E-state index is 12.0. The van der Waals surface area contributed by atoms with E-state index in [1.54, 1.807) is 11.0 Å². The number of aryl methyl sites for hydroxylation is 1. The highest BCUT2D eigenvalue weighted by Crippen LogP contribution is 2.21. The number of carbonyl (C=O) groups is 1. The summed E-state index contributed by atoms with van der Waals surface area (Å²) >= 11 is 1.42. The van der Waals surface area contributed by atoms with Crippen LogP contribution in [0.3, 0.4) is 0 Å². The Hall–Kier alpha value is -2.31. The van der Waals surface area contributed by atoms with Crippen molar-refractivity contribution in [3.63, 3.8) is 0 Å². The van der Waals surface area contributed by atoms with E-state index in [1.165, 1.54) is 11.3 Å². The van der Waals surface area contributed by atoms with Gasteiger partial charge in [0.15, 0.2) is 0 Å². The second-order valence-electron chi connectivity index (χ2n) is 6.01. The fraction of sp³-hybridized carbons (Fsp3) is 0.471. The molecule has 23 heavy (non-hydrogen) atoms. The van der Waals surface area contributed by atoms with E-state index in [0.29, 0.717) is 17.1 Å². The van der Waals surface area contributed by atoms with Gasteiger partial charge in [-0.1, -0.05) is 6.58 Å². The van der Waals surface area contributed by atoms with Crippen molar-refractivity contribution in [3.8, 4) is 12.1 Å². The minimum absolute atomic E-state index is 0.153. The molecule has 1 aromatic heterocycles. The van der Waals surface area contributed by atoms with Crippen LogP contribution in [0, 0.1) is 22.7 Å². The minimum Gasteiger partial charge on any atom is -0.456 e. The van der Waals surface area contributed by atoms with Crippen LogP contribution in [0.15, 0.2) is 24.4 Å². The quantitative estimate of drug-likeness (QED) is 0.434. The number of nitrogens with zero attached hydrogens (tertiary/aromatic N) is 3. The van der Waals surface area contributed by atoms with Gasteiger partial charge in [-0.05, 0) is 45.7 Å². The van der Waals surface area contributed by atoms with Crippen LogP contribution in [0.25, 0.3) is 0 Å². The number of hydrogen-bond acceptors (Lipinski definition) is 6. The minimum atomic E-state index is -0.503. The lowest BCUT2D eigenvalue weighted by Gasteiger charge is -2.19. The maximum atomic E-state index is 12.0. The summed E-state index contributed by atoms with van der Waals surface area (Å²) in [6.45, 7) is 9.89. The van der Waals surface area contributed by atoms with Crippen molar-refractivity contribution >= 4 is 17.3 Å². The van der Waals surface area contributed by atoms with Gasteiger partial charge in [0.1, 0.15) is 28.8 Å². The number of thiophene rings is 1. The average Bonchev–Trinajstić information content (AvgIpc) is 2.93. The third kappa shape index (κ3) is 6.54. The predicted molar refractivity (Wildman–Crippen MR) is 89.7 cm³/mol. The Balaban J connectivity index is 2.54.